The fourth-order valence-electron chi connectivity index (χ4n) is 2.23. The third-order valence-electron chi connectivity index (χ3n) is 3.67. The van der Waals surface area contributed by atoms with Gasteiger partial charge in [0.25, 0.3) is 0 Å². The van der Waals surface area contributed by atoms with Gasteiger partial charge in [-0.3, -0.25) is 19.9 Å². The smallest absolute Gasteiger partial charge is 0.315 e. The Morgan fingerprint density at radius 3 is 2.36 bits per heavy atom. The lowest BCUT2D eigenvalue weighted by Gasteiger charge is -2.12. The Morgan fingerprint density at radius 2 is 1.68 bits per heavy atom. The lowest BCUT2D eigenvalue weighted by Crippen LogP contribution is -2.29. The topological polar surface area (TPSA) is 106 Å². The van der Waals surface area contributed by atoms with Gasteiger partial charge < -0.3 is 14.6 Å². The lowest BCUT2D eigenvalue weighted by molar-refractivity contribution is -0.133. The van der Waals surface area contributed by atoms with Gasteiger partial charge in [0.15, 0.2) is 5.82 Å². The highest BCUT2D eigenvalue weighted by Gasteiger charge is 2.22. The maximum atomic E-state index is 12.2. The number of carbonyl (C=O) groups is 2. The van der Waals surface area contributed by atoms with E-state index in [2.05, 4.69) is 20.8 Å². The quantitative estimate of drug-likeness (QED) is 0.668. The predicted molar refractivity (Wildman–Crippen MR) is 103 cm³/mol. The number of carbonyl (C=O) groups excluding carboxylic acids is 2. The molecule has 2 heterocycles. The highest BCUT2D eigenvalue weighted by atomic mass is 16.5. The average molecular weight is 380 g/mol. The molecule has 0 aliphatic heterocycles. The Labute approximate surface area is 161 Å². The van der Waals surface area contributed by atoms with E-state index in [4.69, 9.17) is 9.26 Å². The molecular formula is C20H20N4O4. The summed E-state index contributed by atoms with van der Waals surface area (Å²) < 4.78 is 10.9. The number of anilines is 2. The van der Waals surface area contributed by atoms with Gasteiger partial charge in [0, 0.05) is 35.6 Å². The van der Waals surface area contributed by atoms with Crippen molar-refractivity contribution in [1.82, 2.24) is 10.1 Å². The van der Waals surface area contributed by atoms with Crippen LogP contribution in [0, 0.1) is 0 Å². The second-order valence-electron chi connectivity index (χ2n) is 7.05. The number of hydrogen-bond donors (Lipinski definition) is 2. The van der Waals surface area contributed by atoms with E-state index < -0.39 is 11.8 Å². The number of aromatic nitrogens is 2. The van der Waals surface area contributed by atoms with Crippen LogP contribution < -0.4 is 15.4 Å². The van der Waals surface area contributed by atoms with Crippen LogP contribution in [0.2, 0.25) is 0 Å². The van der Waals surface area contributed by atoms with Gasteiger partial charge in [0.05, 0.1) is 0 Å². The predicted octanol–water partition coefficient (Wildman–Crippen LogP) is 3.74. The second kappa shape index (κ2) is 7.91. The molecule has 3 aromatic rings. The first-order valence-corrected chi connectivity index (χ1v) is 8.59. The van der Waals surface area contributed by atoms with Crippen molar-refractivity contribution < 1.29 is 18.8 Å². The van der Waals surface area contributed by atoms with Crippen LogP contribution in [-0.2, 0) is 15.0 Å². The van der Waals surface area contributed by atoms with Crippen LogP contribution in [0.4, 0.5) is 11.5 Å². The molecule has 0 saturated carbocycles. The molecule has 2 aromatic heterocycles. The van der Waals surface area contributed by atoms with Crippen LogP contribution in [0.1, 0.15) is 26.5 Å². The van der Waals surface area contributed by atoms with Gasteiger partial charge in [-0.25, -0.2) is 0 Å². The molecule has 28 heavy (non-hydrogen) atoms. The van der Waals surface area contributed by atoms with Crippen molar-refractivity contribution >= 4 is 23.3 Å². The SMILES string of the molecule is CC(C)(C)c1cc(NC(=O)C(=O)Nc2cccc(Oc3ccncc3)c2)no1. The van der Waals surface area contributed by atoms with Crippen molar-refractivity contribution in [2.45, 2.75) is 26.2 Å². The number of amides is 2. The fraction of sp³-hybridized carbons (Fsp3) is 0.200. The maximum absolute atomic E-state index is 12.2. The zero-order valence-corrected chi connectivity index (χ0v) is 15.7. The van der Waals surface area contributed by atoms with E-state index in [-0.39, 0.29) is 11.2 Å². The Morgan fingerprint density at radius 1 is 0.964 bits per heavy atom. The van der Waals surface area contributed by atoms with Gasteiger partial charge in [-0.15, -0.1) is 0 Å². The summed E-state index contributed by atoms with van der Waals surface area (Å²) in [6.45, 7) is 5.85. The normalized spacial score (nSPS) is 11.0. The summed E-state index contributed by atoms with van der Waals surface area (Å²) in [5, 5.41) is 8.70. The molecule has 1 aromatic carbocycles. The van der Waals surface area contributed by atoms with Crippen molar-refractivity contribution in [3.05, 3.63) is 60.6 Å². The number of benzene rings is 1. The zero-order chi connectivity index (χ0) is 20.1. The Hall–Kier alpha value is -3.68. The summed E-state index contributed by atoms with van der Waals surface area (Å²) in [5.41, 5.74) is 0.162. The Balaban J connectivity index is 1.62. The molecule has 2 N–H and O–H groups in total. The number of nitrogens with zero attached hydrogens (tertiary/aromatic N) is 2. The van der Waals surface area contributed by atoms with Crippen LogP contribution in [-0.4, -0.2) is 22.0 Å². The number of pyridine rings is 1. The van der Waals surface area contributed by atoms with Crippen LogP contribution in [0.5, 0.6) is 11.5 Å². The summed E-state index contributed by atoms with van der Waals surface area (Å²) in [6, 6.07) is 11.7. The monoisotopic (exact) mass is 380 g/mol. The van der Waals surface area contributed by atoms with Gasteiger partial charge in [0.2, 0.25) is 0 Å². The van der Waals surface area contributed by atoms with E-state index in [0.29, 0.717) is 22.9 Å². The van der Waals surface area contributed by atoms with Crippen LogP contribution >= 0.6 is 0 Å². The number of ether oxygens (including phenoxy) is 1. The highest BCUT2D eigenvalue weighted by Crippen LogP contribution is 2.25. The molecular weight excluding hydrogens is 360 g/mol. The molecule has 8 heteroatoms. The largest absolute Gasteiger partial charge is 0.457 e. The Kier molecular flexibility index (Phi) is 5.39. The first-order chi connectivity index (χ1) is 13.3. The molecule has 8 nitrogen and oxygen atoms in total. The summed E-state index contributed by atoms with van der Waals surface area (Å²) >= 11 is 0. The van der Waals surface area contributed by atoms with Crippen molar-refractivity contribution in [1.29, 1.82) is 0 Å². The summed E-state index contributed by atoms with van der Waals surface area (Å²) in [7, 11) is 0. The Bertz CT molecular complexity index is 977. The highest BCUT2D eigenvalue weighted by molar-refractivity contribution is 6.43. The van der Waals surface area contributed by atoms with Gasteiger partial charge in [-0.1, -0.05) is 32.0 Å². The molecule has 0 aliphatic carbocycles. The molecule has 2 amide bonds. The molecule has 0 aliphatic rings. The minimum absolute atomic E-state index is 0.180. The molecule has 0 spiro atoms. The van der Waals surface area contributed by atoms with Crippen molar-refractivity contribution in [3.63, 3.8) is 0 Å². The van der Waals surface area contributed by atoms with E-state index in [9.17, 15) is 9.59 Å². The minimum Gasteiger partial charge on any atom is -0.457 e. The average Bonchev–Trinajstić information content (AvgIpc) is 3.12. The van der Waals surface area contributed by atoms with Gasteiger partial charge in [-0.05, 0) is 24.3 Å². The number of rotatable bonds is 4. The third kappa shape index (κ3) is 4.94. The van der Waals surface area contributed by atoms with E-state index in [1.165, 1.54) is 0 Å². The molecule has 0 radical (unpaired) electrons. The lowest BCUT2D eigenvalue weighted by atomic mass is 9.93. The van der Waals surface area contributed by atoms with E-state index in [0.717, 1.165) is 0 Å². The van der Waals surface area contributed by atoms with Gasteiger partial charge >= 0.3 is 11.8 Å². The number of hydrogen-bond acceptors (Lipinski definition) is 6. The molecule has 0 saturated heterocycles. The summed E-state index contributed by atoms with van der Waals surface area (Å²) in [4.78, 5) is 28.2. The second-order valence-corrected chi connectivity index (χ2v) is 7.05. The van der Waals surface area contributed by atoms with E-state index in [1.807, 2.05) is 20.8 Å². The van der Waals surface area contributed by atoms with Gasteiger partial charge in [-0.2, -0.15) is 0 Å². The summed E-state index contributed by atoms with van der Waals surface area (Å²) in [5.74, 6) is 0.215. The zero-order valence-electron chi connectivity index (χ0n) is 15.7. The minimum atomic E-state index is -0.853. The van der Waals surface area contributed by atoms with Crippen molar-refractivity contribution in [2.75, 3.05) is 10.6 Å². The standard InChI is InChI=1S/C20H20N4O4/c1-20(2,3)16-12-17(24-28-16)23-19(26)18(25)22-13-5-4-6-15(11-13)27-14-7-9-21-10-8-14/h4-12H,1-3H3,(H,22,25)(H,23,24,26). The molecule has 0 bridgehead atoms. The van der Waals surface area contributed by atoms with Crippen LogP contribution in [0.15, 0.2) is 59.4 Å². The first kappa shape index (κ1) is 19.1. The van der Waals surface area contributed by atoms with Crippen molar-refractivity contribution in [3.8, 4) is 11.5 Å². The number of nitrogens with one attached hydrogen (secondary N) is 2. The maximum Gasteiger partial charge on any atom is 0.315 e. The van der Waals surface area contributed by atoms with Crippen LogP contribution in [0.3, 0.4) is 0 Å². The fourth-order valence-corrected chi connectivity index (χ4v) is 2.23. The third-order valence-corrected chi connectivity index (χ3v) is 3.67. The van der Waals surface area contributed by atoms with Gasteiger partial charge in [0.1, 0.15) is 17.3 Å². The van der Waals surface area contributed by atoms with Crippen molar-refractivity contribution in [2.24, 2.45) is 0 Å². The summed E-state index contributed by atoms with van der Waals surface area (Å²) in [6.07, 6.45) is 3.22. The van der Waals surface area contributed by atoms with E-state index >= 15 is 0 Å². The molecule has 144 valence electrons. The first-order valence-electron chi connectivity index (χ1n) is 8.59. The molecule has 0 atom stereocenters. The van der Waals surface area contributed by atoms with E-state index in [1.54, 1.807) is 54.9 Å². The van der Waals surface area contributed by atoms with Crippen LogP contribution in [0.25, 0.3) is 0 Å². The molecule has 0 unspecified atom stereocenters. The molecule has 0 fully saturated rings. The molecule has 3 rings (SSSR count).